The average molecular weight is 439 g/mol. The summed E-state index contributed by atoms with van der Waals surface area (Å²) in [6, 6.07) is 18.3. The first-order chi connectivity index (χ1) is 14.4. The Bertz CT molecular complexity index is 1220. The molecule has 0 fully saturated rings. The van der Waals surface area contributed by atoms with Crippen LogP contribution in [0.25, 0.3) is 22.6 Å². The number of aromatic nitrogens is 1. The van der Waals surface area contributed by atoms with E-state index in [0.29, 0.717) is 33.1 Å². The van der Waals surface area contributed by atoms with Crippen LogP contribution in [0, 0.1) is 0 Å². The van der Waals surface area contributed by atoms with E-state index in [1.54, 1.807) is 18.2 Å². The average Bonchev–Trinajstić information content (AvgIpc) is 3.19. The molecular weight excluding hydrogens is 419 g/mol. The number of carbonyl (C=O) groups excluding carboxylic acids is 1. The summed E-state index contributed by atoms with van der Waals surface area (Å²) in [4.78, 5) is 17.1. The molecule has 0 spiro atoms. The SMILES string of the molecule is CC[C@H](C)c1ccc2oc(-c3ccc(NC(=O)c4ccc(Cl)c(Cl)c4)cc3)nc2c1. The van der Waals surface area contributed by atoms with Gasteiger partial charge in [0.05, 0.1) is 10.0 Å². The number of hydrogen-bond acceptors (Lipinski definition) is 3. The van der Waals surface area contributed by atoms with Crippen molar-refractivity contribution in [2.45, 2.75) is 26.2 Å². The van der Waals surface area contributed by atoms with Crippen molar-refractivity contribution in [3.63, 3.8) is 0 Å². The number of anilines is 1. The Hall–Kier alpha value is -2.82. The number of rotatable bonds is 5. The monoisotopic (exact) mass is 438 g/mol. The third-order valence-corrected chi connectivity index (χ3v) is 5.90. The predicted octanol–water partition coefficient (Wildman–Crippen LogP) is 7.57. The Balaban J connectivity index is 1.53. The fourth-order valence-corrected chi connectivity index (χ4v) is 3.45. The van der Waals surface area contributed by atoms with Crippen molar-refractivity contribution in [3.05, 3.63) is 81.8 Å². The van der Waals surface area contributed by atoms with Crippen LogP contribution in [0.3, 0.4) is 0 Å². The highest BCUT2D eigenvalue weighted by molar-refractivity contribution is 6.42. The summed E-state index contributed by atoms with van der Waals surface area (Å²) in [7, 11) is 0. The van der Waals surface area contributed by atoms with Crippen LogP contribution in [0.1, 0.15) is 42.1 Å². The van der Waals surface area contributed by atoms with Gasteiger partial charge in [-0.1, -0.05) is 43.1 Å². The molecule has 4 aromatic rings. The Morgan fingerprint density at radius 1 is 1.03 bits per heavy atom. The first-order valence-electron chi connectivity index (χ1n) is 9.72. The topological polar surface area (TPSA) is 55.1 Å². The number of benzene rings is 3. The molecule has 3 aromatic carbocycles. The molecule has 1 amide bonds. The molecule has 0 saturated heterocycles. The molecule has 0 aliphatic carbocycles. The molecule has 4 rings (SSSR count). The van der Waals surface area contributed by atoms with Gasteiger partial charge in [-0.15, -0.1) is 0 Å². The van der Waals surface area contributed by atoms with Crippen molar-refractivity contribution in [2.24, 2.45) is 0 Å². The van der Waals surface area contributed by atoms with E-state index in [9.17, 15) is 4.79 Å². The fraction of sp³-hybridized carbons (Fsp3) is 0.167. The molecule has 152 valence electrons. The molecule has 30 heavy (non-hydrogen) atoms. The lowest BCUT2D eigenvalue weighted by Crippen LogP contribution is -2.11. The first-order valence-corrected chi connectivity index (χ1v) is 10.5. The molecule has 0 radical (unpaired) electrons. The number of nitrogens with one attached hydrogen (secondary N) is 1. The lowest BCUT2D eigenvalue weighted by Gasteiger charge is -2.07. The van der Waals surface area contributed by atoms with E-state index in [-0.39, 0.29) is 5.91 Å². The van der Waals surface area contributed by atoms with Crippen LogP contribution in [0.4, 0.5) is 5.69 Å². The minimum atomic E-state index is -0.263. The third-order valence-electron chi connectivity index (χ3n) is 5.16. The highest BCUT2D eigenvalue weighted by Gasteiger charge is 2.12. The molecule has 1 heterocycles. The van der Waals surface area contributed by atoms with E-state index in [0.717, 1.165) is 23.1 Å². The van der Waals surface area contributed by atoms with Crippen molar-refractivity contribution in [1.29, 1.82) is 0 Å². The number of oxazole rings is 1. The second kappa shape index (κ2) is 8.50. The van der Waals surface area contributed by atoms with Gasteiger partial charge < -0.3 is 9.73 Å². The van der Waals surface area contributed by atoms with Crippen LogP contribution in [-0.2, 0) is 0 Å². The summed E-state index contributed by atoms with van der Waals surface area (Å²) in [5.41, 5.74) is 4.79. The van der Waals surface area contributed by atoms with Gasteiger partial charge >= 0.3 is 0 Å². The number of nitrogens with zero attached hydrogens (tertiary/aromatic N) is 1. The Morgan fingerprint density at radius 3 is 2.50 bits per heavy atom. The fourth-order valence-electron chi connectivity index (χ4n) is 3.15. The van der Waals surface area contributed by atoms with E-state index < -0.39 is 0 Å². The van der Waals surface area contributed by atoms with Crippen LogP contribution in [0.15, 0.2) is 65.1 Å². The summed E-state index contributed by atoms with van der Waals surface area (Å²) >= 11 is 11.9. The highest BCUT2D eigenvalue weighted by atomic mass is 35.5. The van der Waals surface area contributed by atoms with Gasteiger partial charge in [-0.05, 0) is 72.5 Å². The number of carbonyl (C=O) groups is 1. The first kappa shape index (κ1) is 20.5. The van der Waals surface area contributed by atoms with Gasteiger partial charge in [0.1, 0.15) is 5.52 Å². The second-order valence-corrected chi connectivity index (χ2v) is 8.03. The zero-order valence-electron chi connectivity index (χ0n) is 16.6. The molecule has 6 heteroatoms. The highest BCUT2D eigenvalue weighted by Crippen LogP contribution is 2.29. The van der Waals surface area contributed by atoms with Crippen LogP contribution in [-0.4, -0.2) is 10.9 Å². The van der Waals surface area contributed by atoms with E-state index >= 15 is 0 Å². The minimum absolute atomic E-state index is 0.263. The Kier molecular flexibility index (Phi) is 5.80. The predicted molar refractivity (Wildman–Crippen MR) is 123 cm³/mol. The van der Waals surface area contributed by atoms with Gasteiger partial charge in [-0.2, -0.15) is 0 Å². The number of hydrogen-bond donors (Lipinski definition) is 1. The maximum Gasteiger partial charge on any atom is 0.255 e. The van der Waals surface area contributed by atoms with Gasteiger partial charge in [0.15, 0.2) is 5.58 Å². The summed E-state index contributed by atoms with van der Waals surface area (Å²) in [6.07, 6.45) is 1.08. The molecule has 0 unspecified atom stereocenters. The van der Waals surface area contributed by atoms with Gasteiger partial charge in [-0.25, -0.2) is 4.98 Å². The second-order valence-electron chi connectivity index (χ2n) is 7.22. The largest absolute Gasteiger partial charge is 0.436 e. The Labute approximate surface area is 184 Å². The van der Waals surface area contributed by atoms with Crippen molar-refractivity contribution >= 4 is 45.9 Å². The normalized spacial score (nSPS) is 12.1. The van der Waals surface area contributed by atoms with Gasteiger partial charge in [-0.3, -0.25) is 4.79 Å². The summed E-state index contributed by atoms with van der Waals surface area (Å²) < 4.78 is 5.91. The van der Waals surface area contributed by atoms with Crippen molar-refractivity contribution < 1.29 is 9.21 Å². The molecule has 1 N–H and O–H groups in total. The maximum absolute atomic E-state index is 12.4. The smallest absolute Gasteiger partial charge is 0.255 e. The van der Waals surface area contributed by atoms with Gasteiger partial charge in [0.2, 0.25) is 5.89 Å². The standard InChI is InChI=1S/C24H20Cl2N2O2/c1-3-14(2)16-7-11-22-21(13-16)28-24(30-22)15-4-8-18(9-5-15)27-23(29)17-6-10-19(25)20(26)12-17/h4-14H,3H2,1-2H3,(H,27,29)/t14-/m0/s1. The van der Waals surface area contributed by atoms with E-state index in [1.807, 2.05) is 30.3 Å². The van der Waals surface area contributed by atoms with Crippen LogP contribution < -0.4 is 5.32 Å². The third kappa shape index (κ3) is 4.20. The van der Waals surface area contributed by atoms with Gasteiger partial charge in [0, 0.05) is 16.8 Å². The zero-order chi connectivity index (χ0) is 21.3. The van der Waals surface area contributed by atoms with E-state index in [4.69, 9.17) is 27.6 Å². The number of fused-ring (bicyclic) bond motifs is 1. The maximum atomic E-state index is 12.4. The van der Waals surface area contributed by atoms with Crippen molar-refractivity contribution in [3.8, 4) is 11.5 Å². The van der Waals surface area contributed by atoms with Crippen molar-refractivity contribution in [2.75, 3.05) is 5.32 Å². The lowest BCUT2D eigenvalue weighted by molar-refractivity contribution is 0.102. The molecule has 0 aliphatic heterocycles. The quantitative estimate of drug-likeness (QED) is 0.349. The summed E-state index contributed by atoms with van der Waals surface area (Å²) in [5.74, 6) is 0.766. The molecule has 4 nitrogen and oxygen atoms in total. The van der Waals surface area contributed by atoms with E-state index in [1.165, 1.54) is 5.56 Å². The molecule has 0 saturated carbocycles. The van der Waals surface area contributed by atoms with Gasteiger partial charge in [0.25, 0.3) is 5.91 Å². The van der Waals surface area contributed by atoms with Crippen LogP contribution >= 0.6 is 23.2 Å². The minimum Gasteiger partial charge on any atom is -0.436 e. The molecule has 0 bridgehead atoms. The molecular formula is C24H20Cl2N2O2. The van der Waals surface area contributed by atoms with Crippen LogP contribution in [0.5, 0.6) is 0 Å². The number of halogens is 2. The van der Waals surface area contributed by atoms with Crippen LogP contribution in [0.2, 0.25) is 10.0 Å². The summed E-state index contributed by atoms with van der Waals surface area (Å²) in [5, 5.41) is 3.59. The summed E-state index contributed by atoms with van der Waals surface area (Å²) in [6.45, 7) is 4.37. The molecule has 1 aromatic heterocycles. The molecule has 1 atom stereocenters. The zero-order valence-corrected chi connectivity index (χ0v) is 18.1. The Morgan fingerprint density at radius 2 is 1.80 bits per heavy atom. The lowest BCUT2D eigenvalue weighted by atomic mass is 9.98. The van der Waals surface area contributed by atoms with E-state index in [2.05, 4.69) is 36.3 Å². The molecule has 0 aliphatic rings. The number of amides is 1. The van der Waals surface area contributed by atoms with Crippen molar-refractivity contribution in [1.82, 2.24) is 4.98 Å².